The van der Waals surface area contributed by atoms with Crippen molar-refractivity contribution >= 4 is 5.78 Å². The molecule has 2 aromatic carbocycles. The highest BCUT2D eigenvalue weighted by Gasteiger charge is 2.38. The molecular weight excluding hydrogens is 705 g/mol. The molecule has 0 N–H and O–H groups in total. The minimum absolute atomic E-state index is 0.163. The van der Waals surface area contributed by atoms with Crippen molar-refractivity contribution < 1.29 is 22.4 Å². The third kappa shape index (κ3) is 11.1. The van der Waals surface area contributed by atoms with Crippen LogP contribution < -0.4 is 0 Å². The highest BCUT2D eigenvalue weighted by Crippen LogP contribution is 2.48. The van der Waals surface area contributed by atoms with Crippen molar-refractivity contribution in [2.24, 2.45) is 35.5 Å². The maximum atomic E-state index is 15.4. The van der Waals surface area contributed by atoms with Crippen molar-refractivity contribution in [3.05, 3.63) is 69.8 Å². The molecule has 4 fully saturated rings. The van der Waals surface area contributed by atoms with E-state index in [9.17, 15) is 4.79 Å². The topological polar surface area (TPSA) is 17.1 Å². The normalized spacial score (nSPS) is 29.3. The molecule has 0 unspecified atom stereocenters. The molecule has 0 saturated heterocycles. The SMILES string of the molecule is CCCCCC1CCC(C2CCC(c3ccc(C(=O)c4ccc(C5CCC(C6CCC(CCCCC)CC6)CC5)cc4C(C)(F)F)c(C(C)(F)F)c3)CC2)CC1. The Balaban J connectivity index is 1.09. The zero-order chi connectivity index (χ0) is 39.9. The lowest BCUT2D eigenvalue weighted by Gasteiger charge is -2.38. The third-order valence-electron chi connectivity index (χ3n) is 15.6. The summed E-state index contributed by atoms with van der Waals surface area (Å²) in [7, 11) is 0. The summed E-state index contributed by atoms with van der Waals surface area (Å²) in [4.78, 5) is 14.1. The number of carbonyl (C=O) groups is 1. The van der Waals surface area contributed by atoms with Gasteiger partial charge in [0.1, 0.15) is 0 Å². The van der Waals surface area contributed by atoms with E-state index in [-0.39, 0.29) is 34.1 Å². The molecule has 4 aliphatic rings. The first-order valence-corrected chi connectivity index (χ1v) is 23.4. The molecule has 4 aliphatic carbocycles. The van der Waals surface area contributed by atoms with Gasteiger partial charge in [-0.05, 0) is 148 Å². The number of halogens is 4. The van der Waals surface area contributed by atoms with Gasteiger partial charge in [0.2, 0.25) is 0 Å². The van der Waals surface area contributed by atoms with Crippen LogP contribution in [0, 0.1) is 35.5 Å². The van der Waals surface area contributed by atoms with Gasteiger partial charge >= 0.3 is 0 Å². The van der Waals surface area contributed by atoms with Crippen molar-refractivity contribution in [2.45, 2.75) is 205 Å². The molecule has 4 saturated carbocycles. The molecule has 5 heteroatoms. The number of rotatable bonds is 16. The Morgan fingerprint density at radius 1 is 0.500 bits per heavy atom. The van der Waals surface area contributed by atoms with E-state index < -0.39 is 17.6 Å². The van der Waals surface area contributed by atoms with Crippen molar-refractivity contribution in [3.63, 3.8) is 0 Å². The Morgan fingerprint density at radius 3 is 1.12 bits per heavy atom. The van der Waals surface area contributed by atoms with Crippen molar-refractivity contribution in [2.75, 3.05) is 0 Å². The molecule has 0 aromatic heterocycles. The summed E-state index contributed by atoms with van der Waals surface area (Å²) in [5.74, 6) is -2.15. The standard InChI is InChI=1S/C51H74F4O/c1-5-7-9-11-35-13-17-37(18-14-35)39-21-25-41(26-22-39)43-29-31-45(47(33-43)50(3,52)53)49(56)46-32-30-44(34-48(46)51(4,54)55)42-27-23-40(24-28-42)38-19-15-36(16-20-38)12-10-8-6-2/h29-42H,5-28H2,1-4H3. The van der Waals surface area contributed by atoms with Gasteiger partial charge in [0.25, 0.3) is 11.8 Å². The van der Waals surface area contributed by atoms with Gasteiger partial charge in [0, 0.05) is 36.1 Å². The van der Waals surface area contributed by atoms with Crippen LogP contribution in [0.3, 0.4) is 0 Å². The molecular formula is C51H74F4O. The van der Waals surface area contributed by atoms with Crippen LogP contribution in [0.25, 0.3) is 0 Å². The lowest BCUT2D eigenvalue weighted by Crippen LogP contribution is -2.26. The number of alkyl halides is 4. The van der Waals surface area contributed by atoms with Crippen LogP contribution in [0.2, 0.25) is 0 Å². The molecule has 312 valence electrons. The van der Waals surface area contributed by atoms with Crippen LogP contribution in [0.15, 0.2) is 36.4 Å². The molecule has 2 aromatic rings. The van der Waals surface area contributed by atoms with Crippen molar-refractivity contribution in [1.29, 1.82) is 0 Å². The van der Waals surface area contributed by atoms with E-state index in [0.717, 1.165) is 100 Å². The number of ketones is 1. The van der Waals surface area contributed by atoms with Crippen LogP contribution in [0.4, 0.5) is 17.6 Å². The van der Waals surface area contributed by atoms with Crippen LogP contribution in [-0.2, 0) is 11.8 Å². The van der Waals surface area contributed by atoms with E-state index in [1.807, 2.05) is 12.1 Å². The van der Waals surface area contributed by atoms with E-state index in [0.29, 0.717) is 11.8 Å². The van der Waals surface area contributed by atoms with E-state index in [1.165, 1.54) is 127 Å². The maximum absolute atomic E-state index is 15.4. The minimum atomic E-state index is -3.28. The second-order valence-corrected chi connectivity index (χ2v) is 19.5. The number of hydrogen-bond acceptors (Lipinski definition) is 1. The fourth-order valence-corrected chi connectivity index (χ4v) is 12.0. The average Bonchev–Trinajstić information content (AvgIpc) is 3.20. The second-order valence-electron chi connectivity index (χ2n) is 19.5. The van der Waals surface area contributed by atoms with Crippen LogP contribution in [0.1, 0.15) is 232 Å². The van der Waals surface area contributed by atoms with Gasteiger partial charge in [0.05, 0.1) is 0 Å². The van der Waals surface area contributed by atoms with E-state index >= 15 is 17.6 Å². The average molecular weight is 779 g/mol. The predicted octanol–water partition coefficient (Wildman–Crippen LogP) is 16.5. The van der Waals surface area contributed by atoms with Gasteiger partial charge in [-0.25, -0.2) is 17.6 Å². The summed E-state index contributed by atoms with van der Waals surface area (Å²) < 4.78 is 61.4. The molecule has 0 atom stereocenters. The zero-order valence-electron chi connectivity index (χ0n) is 35.5. The molecule has 0 bridgehead atoms. The Hall–Kier alpha value is -2.17. The van der Waals surface area contributed by atoms with Gasteiger partial charge < -0.3 is 0 Å². The van der Waals surface area contributed by atoms with E-state index in [2.05, 4.69) is 13.8 Å². The molecule has 0 aliphatic heterocycles. The molecule has 0 amide bonds. The molecule has 0 radical (unpaired) electrons. The molecule has 0 heterocycles. The largest absolute Gasteiger partial charge is 0.289 e. The molecule has 56 heavy (non-hydrogen) atoms. The van der Waals surface area contributed by atoms with Gasteiger partial charge in [-0.15, -0.1) is 0 Å². The van der Waals surface area contributed by atoms with Crippen LogP contribution >= 0.6 is 0 Å². The molecule has 1 nitrogen and oxygen atoms in total. The van der Waals surface area contributed by atoms with Crippen molar-refractivity contribution in [3.8, 4) is 0 Å². The van der Waals surface area contributed by atoms with Crippen molar-refractivity contribution in [1.82, 2.24) is 0 Å². The highest BCUT2D eigenvalue weighted by molar-refractivity contribution is 6.11. The fourth-order valence-electron chi connectivity index (χ4n) is 12.0. The second kappa shape index (κ2) is 19.7. The van der Waals surface area contributed by atoms with Gasteiger partial charge in [-0.1, -0.05) is 115 Å². The number of unbranched alkanes of at least 4 members (excludes halogenated alkanes) is 4. The quantitative estimate of drug-likeness (QED) is 0.0942. The summed E-state index contributed by atoms with van der Waals surface area (Å²) in [6.07, 6.45) is 29.8. The summed E-state index contributed by atoms with van der Waals surface area (Å²) in [6, 6.07) is 9.70. The number of benzene rings is 2. The summed E-state index contributed by atoms with van der Waals surface area (Å²) >= 11 is 0. The maximum Gasteiger partial charge on any atom is 0.271 e. The lowest BCUT2D eigenvalue weighted by molar-refractivity contribution is 0.0158. The Kier molecular flexibility index (Phi) is 15.3. The first-order chi connectivity index (χ1) is 26.9. The van der Waals surface area contributed by atoms with Gasteiger partial charge in [-0.3, -0.25) is 4.79 Å². The first kappa shape index (κ1) is 43.4. The zero-order valence-corrected chi connectivity index (χ0v) is 35.5. The summed E-state index contributed by atoms with van der Waals surface area (Å²) in [5.41, 5.74) is 0.692. The summed E-state index contributed by atoms with van der Waals surface area (Å²) in [5, 5.41) is 0. The first-order valence-electron chi connectivity index (χ1n) is 23.4. The number of hydrogen-bond donors (Lipinski definition) is 0. The highest BCUT2D eigenvalue weighted by atomic mass is 19.3. The van der Waals surface area contributed by atoms with E-state index in [1.54, 1.807) is 0 Å². The monoisotopic (exact) mass is 779 g/mol. The third-order valence-corrected chi connectivity index (χ3v) is 15.6. The summed E-state index contributed by atoms with van der Waals surface area (Å²) in [6.45, 7) is 6.19. The Morgan fingerprint density at radius 2 is 0.821 bits per heavy atom. The van der Waals surface area contributed by atoms with Gasteiger partial charge in [0.15, 0.2) is 5.78 Å². The Labute approximate surface area is 338 Å². The Bertz CT molecular complexity index is 1410. The minimum Gasteiger partial charge on any atom is -0.289 e. The van der Waals surface area contributed by atoms with Gasteiger partial charge in [-0.2, -0.15) is 0 Å². The predicted molar refractivity (Wildman–Crippen MR) is 224 cm³/mol. The van der Waals surface area contributed by atoms with Crippen LogP contribution in [0.5, 0.6) is 0 Å². The molecule has 0 spiro atoms. The molecule has 6 rings (SSSR count). The smallest absolute Gasteiger partial charge is 0.271 e. The number of carbonyl (C=O) groups excluding carboxylic acids is 1. The lowest BCUT2D eigenvalue weighted by atomic mass is 9.67. The fraction of sp³-hybridized carbons (Fsp3) is 0.745. The van der Waals surface area contributed by atoms with Crippen LogP contribution in [-0.4, -0.2) is 5.78 Å². The van der Waals surface area contributed by atoms with E-state index in [4.69, 9.17) is 0 Å².